The molecule has 26 heavy (non-hydrogen) atoms. The highest BCUT2D eigenvalue weighted by Gasteiger charge is 2.24. The van der Waals surface area contributed by atoms with Crippen LogP contribution < -0.4 is 14.8 Å². The summed E-state index contributed by atoms with van der Waals surface area (Å²) in [7, 11) is 0. The number of carbonyl (C=O) groups is 2. The van der Waals surface area contributed by atoms with Crippen LogP contribution in [0.2, 0.25) is 5.02 Å². The molecule has 1 heterocycles. The first-order valence-corrected chi connectivity index (χ1v) is 8.14. The Labute approximate surface area is 153 Å². The van der Waals surface area contributed by atoms with Crippen LogP contribution in [0.1, 0.15) is 22.8 Å². The zero-order valence-corrected chi connectivity index (χ0v) is 14.5. The molecule has 2 aromatic rings. The summed E-state index contributed by atoms with van der Waals surface area (Å²) in [5, 5.41) is 2.84. The molecule has 0 fully saturated rings. The van der Waals surface area contributed by atoms with E-state index in [0.29, 0.717) is 11.5 Å². The summed E-state index contributed by atoms with van der Waals surface area (Å²) in [6.07, 6.45) is -1.02. The third-order valence-electron chi connectivity index (χ3n) is 3.70. The lowest BCUT2D eigenvalue weighted by Crippen LogP contribution is -2.35. The molecule has 0 aliphatic carbocycles. The SMILES string of the molecule is C[C@H](OC(=O)c1cc(Cl)c2c(c1)OCO2)C(=O)NCc1ccc(F)cc1. The number of rotatable bonds is 5. The normalized spacial score (nSPS) is 13.2. The molecule has 136 valence electrons. The van der Waals surface area contributed by atoms with Crippen molar-refractivity contribution in [3.63, 3.8) is 0 Å². The van der Waals surface area contributed by atoms with E-state index < -0.39 is 18.0 Å². The fraction of sp³-hybridized carbons (Fsp3) is 0.222. The van der Waals surface area contributed by atoms with E-state index in [1.165, 1.54) is 31.2 Å². The quantitative estimate of drug-likeness (QED) is 0.808. The van der Waals surface area contributed by atoms with Gasteiger partial charge in [0.15, 0.2) is 17.6 Å². The minimum Gasteiger partial charge on any atom is -0.454 e. The van der Waals surface area contributed by atoms with Crippen molar-refractivity contribution in [3.8, 4) is 11.5 Å². The fourth-order valence-electron chi connectivity index (χ4n) is 2.30. The van der Waals surface area contributed by atoms with E-state index in [4.69, 9.17) is 25.8 Å². The number of amides is 1. The Balaban J connectivity index is 1.57. The van der Waals surface area contributed by atoms with Crippen LogP contribution in [0.4, 0.5) is 4.39 Å². The van der Waals surface area contributed by atoms with Crippen LogP contribution in [-0.2, 0) is 16.1 Å². The van der Waals surface area contributed by atoms with Crippen molar-refractivity contribution in [1.29, 1.82) is 0 Å². The maximum Gasteiger partial charge on any atom is 0.339 e. The number of ether oxygens (including phenoxy) is 3. The van der Waals surface area contributed by atoms with Crippen molar-refractivity contribution in [1.82, 2.24) is 5.32 Å². The number of nitrogens with one attached hydrogen (secondary N) is 1. The predicted molar refractivity (Wildman–Crippen MR) is 90.7 cm³/mol. The summed E-state index contributed by atoms with van der Waals surface area (Å²) >= 11 is 6.03. The highest BCUT2D eigenvalue weighted by molar-refractivity contribution is 6.32. The number of carbonyl (C=O) groups excluding carboxylic acids is 2. The maximum absolute atomic E-state index is 12.9. The van der Waals surface area contributed by atoms with Crippen molar-refractivity contribution in [2.24, 2.45) is 0 Å². The van der Waals surface area contributed by atoms with Gasteiger partial charge >= 0.3 is 5.97 Å². The van der Waals surface area contributed by atoms with Gasteiger partial charge in [0.05, 0.1) is 10.6 Å². The third kappa shape index (κ3) is 4.05. The van der Waals surface area contributed by atoms with Gasteiger partial charge in [0, 0.05) is 6.54 Å². The lowest BCUT2D eigenvalue weighted by molar-refractivity contribution is -0.129. The molecule has 0 radical (unpaired) electrons. The van der Waals surface area contributed by atoms with Crippen LogP contribution in [0.5, 0.6) is 11.5 Å². The summed E-state index contributed by atoms with van der Waals surface area (Å²) in [5.74, 6) is -0.833. The summed E-state index contributed by atoms with van der Waals surface area (Å²) in [6, 6.07) is 8.55. The Bertz CT molecular complexity index is 840. The lowest BCUT2D eigenvalue weighted by Gasteiger charge is -2.14. The molecule has 1 atom stereocenters. The Morgan fingerprint density at radius 2 is 2.00 bits per heavy atom. The Morgan fingerprint density at radius 1 is 1.27 bits per heavy atom. The van der Waals surface area contributed by atoms with E-state index in [0.717, 1.165) is 5.56 Å². The van der Waals surface area contributed by atoms with Gasteiger partial charge in [-0.05, 0) is 36.8 Å². The lowest BCUT2D eigenvalue weighted by atomic mass is 10.2. The second-order valence-corrected chi connectivity index (χ2v) is 5.99. The number of benzene rings is 2. The number of halogens is 2. The van der Waals surface area contributed by atoms with Crippen LogP contribution in [0.25, 0.3) is 0 Å². The molecular weight excluding hydrogens is 365 g/mol. The van der Waals surface area contributed by atoms with Gasteiger partial charge in [0.2, 0.25) is 6.79 Å². The zero-order chi connectivity index (χ0) is 18.7. The van der Waals surface area contributed by atoms with Gasteiger partial charge in [-0.3, -0.25) is 4.79 Å². The van der Waals surface area contributed by atoms with Crippen molar-refractivity contribution < 1.29 is 28.2 Å². The standard InChI is InChI=1S/C18H15ClFNO5/c1-10(17(22)21-8-11-2-4-13(20)5-3-11)26-18(23)12-6-14(19)16-15(7-12)24-9-25-16/h2-7,10H,8-9H2,1H3,(H,21,22)/t10-/m0/s1. The van der Waals surface area contributed by atoms with Gasteiger partial charge in [-0.2, -0.15) is 0 Å². The van der Waals surface area contributed by atoms with Gasteiger partial charge in [0.1, 0.15) is 5.82 Å². The van der Waals surface area contributed by atoms with Crippen LogP contribution in [0, 0.1) is 5.82 Å². The zero-order valence-electron chi connectivity index (χ0n) is 13.8. The molecule has 3 rings (SSSR count). The molecular formula is C18H15ClFNO5. The molecule has 1 amide bonds. The minimum atomic E-state index is -1.02. The molecule has 6 nitrogen and oxygen atoms in total. The van der Waals surface area contributed by atoms with E-state index in [1.54, 1.807) is 12.1 Å². The van der Waals surface area contributed by atoms with Crippen LogP contribution in [-0.4, -0.2) is 24.8 Å². The average molecular weight is 380 g/mol. The summed E-state index contributed by atoms with van der Waals surface area (Å²) in [6.45, 7) is 1.67. The molecule has 8 heteroatoms. The molecule has 0 aromatic heterocycles. The van der Waals surface area contributed by atoms with Crippen LogP contribution in [0.3, 0.4) is 0 Å². The van der Waals surface area contributed by atoms with E-state index in [1.807, 2.05) is 0 Å². The van der Waals surface area contributed by atoms with E-state index in [9.17, 15) is 14.0 Å². The van der Waals surface area contributed by atoms with Crippen molar-refractivity contribution in [2.75, 3.05) is 6.79 Å². The van der Waals surface area contributed by atoms with Gasteiger partial charge in [-0.1, -0.05) is 23.7 Å². The van der Waals surface area contributed by atoms with Crippen LogP contribution >= 0.6 is 11.6 Å². The smallest absolute Gasteiger partial charge is 0.339 e. The first kappa shape index (κ1) is 18.0. The largest absolute Gasteiger partial charge is 0.454 e. The number of esters is 1. The molecule has 0 saturated heterocycles. The van der Waals surface area contributed by atoms with Gasteiger partial charge in [-0.15, -0.1) is 0 Å². The Kier molecular flexibility index (Phi) is 5.27. The van der Waals surface area contributed by atoms with Gasteiger partial charge in [-0.25, -0.2) is 9.18 Å². The van der Waals surface area contributed by atoms with Crippen molar-refractivity contribution in [3.05, 3.63) is 58.4 Å². The molecule has 0 unspecified atom stereocenters. The molecule has 0 saturated carbocycles. The first-order valence-electron chi connectivity index (χ1n) is 7.76. The first-order chi connectivity index (χ1) is 12.4. The topological polar surface area (TPSA) is 73.9 Å². The minimum absolute atomic E-state index is 0.0236. The molecule has 1 N–H and O–H groups in total. The van der Waals surface area contributed by atoms with Crippen molar-refractivity contribution in [2.45, 2.75) is 19.6 Å². The molecule has 2 aromatic carbocycles. The summed E-state index contributed by atoms with van der Waals surface area (Å²) in [5.41, 5.74) is 0.873. The Hall–Kier alpha value is -2.80. The number of fused-ring (bicyclic) bond motifs is 1. The second-order valence-electron chi connectivity index (χ2n) is 5.58. The molecule has 0 bridgehead atoms. The van der Waals surface area contributed by atoms with E-state index in [-0.39, 0.29) is 29.7 Å². The van der Waals surface area contributed by atoms with E-state index in [2.05, 4.69) is 5.32 Å². The fourth-order valence-corrected chi connectivity index (χ4v) is 2.57. The van der Waals surface area contributed by atoms with Crippen LogP contribution in [0.15, 0.2) is 36.4 Å². The van der Waals surface area contributed by atoms with E-state index >= 15 is 0 Å². The summed E-state index contributed by atoms with van der Waals surface area (Å²) < 4.78 is 28.4. The highest BCUT2D eigenvalue weighted by Crippen LogP contribution is 2.39. The maximum atomic E-state index is 12.9. The van der Waals surface area contributed by atoms with Crippen molar-refractivity contribution >= 4 is 23.5 Å². The second kappa shape index (κ2) is 7.61. The van der Waals surface area contributed by atoms with Gasteiger partial charge in [0.25, 0.3) is 5.91 Å². The third-order valence-corrected chi connectivity index (χ3v) is 3.98. The molecule has 1 aliphatic rings. The van der Waals surface area contributed by atoms with Gasteiger partial charge < -0.3 is 19.5 Å². The average Bonchev–Trinajstić information content (AvgIpc) is 3.10. The highest BCUT2D eigenvalue weighted by atomic mass is 35.5. The number of hydrogen-bond donors (Lipinski definition) is 1. The monoisotopic (exact) mass is 379 g/mol. The Morgan fingerprint density at radius 3 is 2.73 bits per heavy atom. The predicted octanol–water partition coefficient (Wildman–Crippen LogP) is 3.07. The number of hydrogen-bond acceptors (Lipinski definition) is 5. The molecule has 1 aliphatic heterocycles. The molecule has 0 spiro atoms. The summed E-state index contributed by atoms with van der Waals surface area (Å²) in [4.78, 5) is 24.3.